The Kier molecular flexibility index (Phi) is 5.63. The maximum absolute atomic E-state index is 5.36. The molecule has 0 atom stereocenters. The molecule has 0 aliphatic heterocycles. The van der Waals surface area contributed by atoms with Gasteiger partial charge < -0.3 is 4.74 Å². The largest absolute Gasteiger partial charge is 0.496 e. The molecule has 144 valence electrons. The molecule has 0 aliphatic carbocycles. The molecule has 0 saturated carbocycles. The Morgan fingerprint density at radius 2 is 1.86 bits per heavy atom. The lowest BCUT2D eigenvalue weighted by Crippen LogP contribution is -2.00. The molecule has 3 aromatic carbocycles. The summed E-state index contributed by atoms with van der Waals surface area (Å²) in [5.41, 5.74) is 2.16. The smallest absolute Gasteiger partial charge is 0.216 e. The highest BCUT2D eigenvalue weighted by Crippen LogP contribution is 2.21. The molecule has 0 bridgehead atoms. The quantitative estimate of drug-likeness (QED) is 0.356. The van der Waals surface area contributed by atoms with E-state index in [-0.39, 0.29) is 0 Å². The van der Waals surface area contributed by atoms with E-state index in [1.165, 1.54) is 16.3 Å². The van der Waals surface area contributed by atoms with Gasteiger partial charge in [-0.25, -0.2) is 0 Å². The van der Waals surface area contributed by atoms with Gasteiger partial charge in [0.05, 0.1) is 7.11 Å². The van der Waals surface area contributed by atoms with Crippen molar-refractivity contribution in [2.24, 2.45) is 5.10 Å². The molecular weight excluding hydrogens is 380 g/mol. The molecule has 6 heteroatoms. The summed E-state index contributed by atoms with van der Waals surface area (Å²) in [6, 6.07) is 22.4. The van der Waals surface area contributed by atoms with E-state index in [2.05, 4.69) is 45.6 Å². The lowest BCUT2D eigenvalue weighted by molar-refractivity contribution is 0.414. The minimum absolute atomic E-state index is 0.460. The third kappa shape index (κ3) is 4.17. The first-order chi connectivity index (χ1) is 14.3. The highest BCUT2D eigenvalue weighted by atomic mass is 32.1. The van der Waals surface area contributed by atoms with Crippen LogP contribution < -0.4 is 4.74 Å². The van der Waals surface area contributed by atoms with Gasteiger partial charge in [-0.05, 0) is 46.8 Å². The van der Waals surface area contributed by atoms with Crippen molar-refractivity contribution in [3.63, 3.8) is 0 Å². The maximum Gasteiger partial charge on any atom is 0.216 e. The summed E-state index contributed by atoms with van der Waals surface area (Å²) >= 11 is 5.35. The summed E-state index contributed by atoms with van der Waals surface area (Å²) in [6.07, 6.45) is 6.12. The van der Waals surface area contributed by atoms with Crippen molar-refractivity contribution in [2.75, 3.05) is 7.11 Å². The molecular formula is C23H20N4OS. The Balaban J connectivity index is 1.58. The lowest BCUT2D eigenvalue weighted by Gasteiger charge is -2.06. The van der Waals surface area contributed by atoms with Gasteiger partial charge in [-0.1, -0.05) is 60.7 Å². The number of aromatic nitrogens is 3. The minimum atomic E-state index is 0.460. The monoisotopic (exact) mass is 400 g/mol. The van der Waals surface area contributed by atoms with Crippen LogP contribution in [0.15, 0.2) is 77.9 Å². The van der Waals surface area contributed by atoms with E-state index in [4.69, 9.17) is 17.0 Å². The molecule has 0 amide bonds. The van der Waals surface area contributed by atoms with Gasteiger partial charge in [0.1, 0.15) is 5.75 Å². The van der Waals surface area contributed by atoms with E-state index in [1.54, 1.807) is 18.0 Å². The molecule has 0 spiro atoms. The summed E-state index contributed by atoms with van der Waals surface area (Å²) in [5.74, 6) is 1.57. The molecule has 0 radical (unpaired) electrons. The van der Waals surface area contributed by atoms with Crippen LogP contribution in [0, 0.1) is 4.77 Å². The maximum atomic E-state index is 5.36. The van der Waals surface area contributed by atoms with Crippen LogP contribution in [0.5, 0.6) is 5.75 Å². The Morgan fingerprint density at radius 3 is 2.76 bits per heavy atom. The van der Waals surface area contributed by atoms with Crippen LogP contribution >= 0.6 is 12.2 Å². The number of nitrogens with one attached hydrogen (secondary N) is 1. The number of fused-ring (bicyclic) bond motifs is 1. The number of rotatable bonds is 6. The second kappa shape index (κ2) is 8.67. The molecule has 29 heavy (non-hydrogen) atoms. The molecule has 5 nitrogen and oxygen atoms in total. The number of hydrogen-bond donors (Lipinski definition) is 1. The van der Waals surface area contributed by atoms with Crippen molar-refractivity contribution >= 4 is 35.3 Å². The van der Waals surface area contributed by atoms with Gasteiger partial charge in [-0.3, -0.25) is 5.10 Å². The van der Waals surface area contributed by atoms with Crippen LogP contribution in [-0.4, -0.2) is 28.2 Å². The second-order valence-electron chi connectivity index (χ2n) is 6.44. The van der Waals surface area contributed by atoms with Crippen molar-refractivity contribution in [1.29, 1.82) is 0 Å². The fourth-order valence-electron chi connectivity index (χ4n) is 3.23. The topological polar surface area (TPSA) is 55.2 Å². The highest BCUT2D eigenvalue weighted by Gasteiger charge is 2.08. The molecule has 1 aromatic heterocycles. The zero-order valence-corrected chi connectivity index (χ0v) is 16.8. The molecule has 0 aliphatic rings. The summed E-state index contributed by atoms with van der Waals surface area (Å²) < 4.78 is 7.47. The van der Waals surface area contributed by atoms with Crippen LogP contribution in [0.3, 0.4) is 0 Å². The summed E-state index contributed by atoms with van der Waals surface area (Å²) in [7, 11) is 1.66. The zero-order valence-electron chi connectivity index (χ0n) is 15.9. The number of allylic oxidation sites excluding steroid dienone is 1. The van der Waals surface area contributed by atoms with Crippen LogP contribution in [0.2, 0.25) is 0 Å². The minimum Gasteiger partial charge on any atom is -0.496 e. The predicted octanol–water partition coefficient (Wildman–Crippen LogP) is 5.24. The summed E-state index contributed by atoms with van der Waals surface area (Å²) in [4.78, 5) is 0. The fraction of sp³-hybridized carbons (Fsp3) is 0.0870. The average molecular weight is 401 g/mol. The van der Waals surface area contributed by atoms with E-state index in [0.29, 0.717) is 11.2 Å². The van der Waals surface area contributed by atoms with E-state index in [1.807, 2.05) is 48.6 Å². The van der Waals surface area contributed by atoms with Crippen molar-refractivity contribution < 1.29 is 4.74 Å². The van der Waals surface area contributed by atoms with E-state index in [0.717, 1.165) is 17.1 Å². The fourth-order valence-corrected chi connectivity index (χ4v) is 3.43. The molecule has 4 aromatic rings. The van der Waals surface area contributed by atoms with E-state index in [9.17, 15) is 0 Å². The van der Waals surface area contributed by atoms with Gasteiger partial charge in [0.2, 0.25) is 4.77 Å². The third-order valence-electron chi connectivity index (χ3n) is 4.63. The molecule has 4 rings (SSSR count). The summed E-state index contributed by atoms with van der Waals surface area (Å²) in [6.45, 7) is 0. The number of benzene rings is 3. The van der Waals surface area contributed by atoms with Gasteiger partial charge in [0.15, 0.2) is 5.82 Å². The van der Waals surface area contributed by atoms with E-state index < -0.39 is 0 Å². The van der Waals surface area contributed by atoms with Crippen molar-refractivity contribution in [2.45, 2.75) is 6.42 Å². The number of para-hydroxylation sites is 1. The second-order valence-corrected chi connectivity index (χ2v) is 6.82. The number of H-pyrrole nitrogens is 1. The van der Waals surface area contributed by atoms with Crippen LogP contribution in [0.1, 0.15) is 17.0 Å². The lowest BCUT2D eigenvalue weighted by atomic mass is 10.0. The normalized spacial score (nSPS) is 11.6. The van der Waals surface area contributed by atoms with Gasteiger partial charge in [-0.2, -0.15) is 14.9 Å². The van der Waals surface area contributed by atoms with Gasteiger partial charge in [-0.15, -0.1) is 0 Å². The Labute approximate surface area is 174 Å². The Hall–Kier alpha value is -3.51. The number of hydrogen-bond acceptors (Lipinski definition) is 4. The number of methoxy groups -OCH3 is 1. The van der Waals surface area contributed by atoms with Crippen molar-refractivity contribution in [3.8, 4) is 5.75 Å². The molecule has 0 fully saturated rings. The summed E-state index contributed by atoms with van der Waals surface area (Å²) in [5, 5.41) is 14.1. The van der Waals surface area contributed by atoms with Crippen LogP contribution in [0.4, 0.5) is 0 Å². The molecule has 0 unspecified atom stereocenters. The first kappa shape index (κ1) is 18.8. The average Bonchev–Trinajstić information content (AvgIpc) is 3.11. The van der Waals surface area contributed by atoms with Gasteiger partial charge >= 0.3 is 0 Å². The third-order valence-corrected chi connectivity index (χ3v) is 4.89. The number of aromatic amines is 1. The molecule has 1 N–H and O–H groups in total. The SMILES string of the molecule is COc1ccccc1/C=C/C=N/n1c(Cc2cccc3ccccc23)n[nH]c1=S. The standard InChI is InChI=1S/C23H20N4OS/c1-28-21-14-5-3-9-18(21)12-7-15-24-27-22(25-26-23(27)29)16-19-11-6-10-17-8-2-4-13-20(17)19/h2-15H,16H2,1H3,(H,26,29)/b12-7+,24-15+. The molecule has 1 heterocycles. The van der Waals surface area contributed by atoms with Crippen molar-refractivity contribution in [3.05, 3.63) is 94.5 Å². The number of nitrogens with zero attached hydrogens (tertiary/aromatic N) is 3. The van der Waals surface area contributed by atoms with Crippen LogP contribution in [0.25, 0.3) is 16.8 Å². The number of ether oxygens (including phenoxy) is 1. The first-order valence-corrected chi connectivity index (χ1v) is 9.64. The predicted molar refractivity (Wildman–Crippen MR) is 120 cm³/mol. The molecule has 0 saturated heterocycles. The Morgan fingerprint density at radius 1 is 1.07 bits per heavy atom. The van der Waals surface area contributed by atoms with Gasteiger partial charge in [0.25, 0.3) is 0 Å². The van der Waals surface area contributed by atoms with Crippen molar-refractivity contribution in [1.82, 2.24) is 14.9 Å². The zero-order chi connectivity index (χ0) is 20.1. The first-order valence-electron chi connectivity index (χ1n) is 9.23. The highest BCUT2D eigenvalue weighted by molar-refractivity contribution is 7.71. The Bertz CT molecular complexity index is 1250. The van der Waals surface area contributed by atoms with Crippen LogP contribution in [-0.2, 0) is 6.42 Å². The van der Waals surface area contributed by atoms with E-state index >= 15 is 0 Å². The van der Waals surface area contributed by atoms with Gasteiger partial charge in [0, 0.05) is 18.2 Å².